The van der Waals surface area contributed by atoms with E-state index >= 15 is 0 Å². The van der Waals surface area contributed by atoms with Crippen LogP contribution in [0.25, 0.3) is 0 Å². The minimum Gasteiger partial charge on any atom is -0.484 e. The Morgan fingerprint density at radius 3 is 2.32 bits per heavy atom. The van der Waals surface area contributed by atoms with E-state index in [1.54, 1.807) is 12.1 Å². The van der Waals surface area contributed by atoms with Gasteiger partial charge in [-0.1, -0.05) is 44.2 Å². The van der Waals surface area contributed by atoms with E-state index < -0.39 is 10.0 Å². The number of sulfonamides is 1. The van der Waals surface area contributed by atoms with Gasteiger partial charge in [-0.2, -0.15) is 0 Å². The van der Waals surface area contributed by atoms with Crippen molar-refractivity contribution in [1.82, 2.24) is 9.62 Å². The fraction of sp³-hybridized carbons (Fsp3) is 0.458. The Morgan fingerprint density at radius 1 is 1.06 bits per heavy atom. The molecular weight excluding hydrogens is 412 g/mol. The van der Waals surface area contributed by atoms with Crippen LogP contribution in [-0.2, 0) is 21.2 Å². The first-order chi connectivity index (χ1) is 14.8. The molecule has 1 fully saturated rings. The zero-order valence-electron chi connectivity index (χ0n) is 18.3. The molecule has 1 aliphatic rings. The molecule has 0 aliphatic carbocycles. The van der Waals surface area contributed by atoms with Gasteiger partial charge in [-0.05, 0) is 60.9 Å². The van der Waals surface area contributed by atoms with Gasteiger partial charge in [0.2, 0.25) is 10.0 Å². The van der Waals surface area contributed by atoms with Crippen molar-refractivity contribution in [2.45, 2.75) is 38.0 Å². The molecule has 0 unspecified atom stereocenters. The molecule has 0 atom stereocenters. The number of carbonyl (C=O) groups is 1. The molecular formula is C24H32N2O4S. The van der Waals surface area contributed by atoms with Gasteiger partial charge in [0.1, 0.15) is 5.75 Å². The number of amides is 1. The number of rotatable bonds is 9. The summed E-state index contributed by atoms with van der Waals surface area (Å²) in [6.45, 7) is 5.74. The van der Waals surface area contributed by atoms with Crippen LogP contribution < -0.4 is 9.46 Å². The molecule has 3 rings (SSSR count). The lowest BCUT2D eigenvalue weighted by atomic mass is 9.90. The first-order valence-electron chi connectivity index (χ1n) is 10.9. The number of likely N-dealkylation sites (tertiary alicyclic amines) is 1. The number of ether oxygens (including phenoxy) is 1. The maximum atomic E-state index is 12.5. The van der Waals surface area contributed by atoms with Crippen LogP contribution in [0, 0.1) is 11.8 Å². The van der Waals surface area contributed by atoms with Crippen LogP contribution in [0.4, 0.5) is 0 Å². The van der Waals surface area contributed by atoms with Gasteiger partial charge in [-0.15, -0.1) is 0 Å². The van der Waals surface area contributed by atoms with Crippen LogP contribution in [0.5, 0.6) is 5.75 Å². The van der Waals surface area contributed by atoms with Crippen molar-refractivity contribution in [2.24, 2.45) is 11.8 Å². The van der Waals surface area contributed by atoms with Gasteiger partial charge in [-0.25, -0.2) is 13.1 Å². The lowest BCUT2D eigenvalue weighted by molar-refractivity contribution is -0.134. The van der Waals surface area contributed by atoms with Crippen molar-refractivity contribution in [3.05, 3.63) is 60.2 Å². The molecule has 1 amide bonds. The number of hydrogen-bond donors (Lipinski definition) is 1. The highest BCUT2D eigenvalue weighted by Gasteiger charge is 2.23. The summed E-state index contributed by atoms with van der Waals surface area (Å²) in [5.41, 5.74) is 1.35. The molecule has 7 heteroatoms. The van der Waals surface area contributed by atoms with Gasteiger partial charge in [0.05, 0.1) is 4.90 Å². The summed E-state index contributed by atoms with van der Waals surface area (Å²) in [6.07, 6.45) is 3.05. The lowest BCUT2D eigenvalue weighted by Crippen LogP contribution is -2.41. The Hall–Kier alpha value is -2.38. The fourth-order valence-corrected chi connectivity index (χ4v) is 4.86. The maximum Gasteiger partial charge on any atom is 0.260 e. The third-order valence-electron chi connectivity index (χ3n) is 5.51. The van der Waals surface area contributed by atoms with Crippen LogP contribution in [0.1, 0.15) is 32.3 Å². The molecule has 0 radical (unpaired) electrons. The van der Waals surface area contributed by atoms with Crippen molar-refractivity contribution in [1.29, 1.82) is 0 Å². The number of benzene rings is 2. The van der Waals surface area contributed by atoms with Gasteiger partial charge in [0.15, 0.2) is 6.61 Å². The van der Waals surface area contributed by atoms with E-state index in [4.69, 9.17) is 4.74 Å². The van der Waals surface area contributed by atoms with Crippen LogP contribution in [-0.4, -0.2) is 45.5 Å². The van der Waals surface area contributed by atoms with Gasteiger partial charge in [-0.3, -0.25) is 4.79 Å². The summed E-state index contributed by atoms with van der Waals surface area (Å²) in [5.74, 6) is 1.28. The minimum atomic E-state index is -3.53. The summed E-state index contributed by atoms with van der Waals surface area (Å²) < 4.78 is 32.7. The Balaban J connectivity index is 1.43. The van der Waals surface area contributed by atoms with E-state index in [1.807, 2.05) is 24.8 Å². The van der Waals surface area contributed by atoms with Crippen LogP contribution >= 0.6 is 0 Å². The average Bonchev–Trinajstić information content (AvgIpc) is 2.78. The summed E-state index contributed by atoms with van der Waals surface area (Å²) in [5, 5.41) is 0. The number of carbonyl (C=O) groups excluding carboxylic acids is 1. The zero-order chi connectivity index (χ0) is 22.3. The SMILES string of the molecule is CC(C)CNS(=O)(=O)c1ccc(OCC(=O)N2CCC(Cc3ccccc3)CC2)cc1. The van der Waals surface area contributed by atoms with Gasteiger partial charge < -0.3 is 9.64 Å². The van der Waals surface area contributed by atoms with Crippen molar-refractivity contribution >= 4 is 15.9 Å². The molecule has 2 aromatic rings. The third kappa shape index (κ3) is 7.08. The van der Waals surface area contributed by atoms with Crippen LogP contribution in [0.2, 0.25) is 0 Å². The van der Waals surface area contributed by atoms with E-state index in [9.17, 15) is 13.2 Å². The van der Waals surface area contributed by atoms with Gasteiger partial charge >= 0.3 is 0 Å². The van der Waals surface area contributed by atoms with E-state index in [0.29, 0.717) is 18.2 Å². The molecule has 2 aromatic carbocycles. The molecule has 1 N–H and O–H groups in total. The highest BCUT2D eigenvalue weighted by atomic mass is 32.2. The van der Waals surface area contributed by atoms with E-state index in [1.165, 1.54) is 17.7 Å². The topological polar surface area (TPSA) is 75.7 Å². The number of piperidine rings is 1. The predicted octanol–water partition coefficient (Wildman–Crippen LogP) is 3.48. The molecule has 6 nitrogen and oxygen atoms in total. The molecule has 168 valence electrons. The first kappa shape index (κ1) is 23.3. The predicted molar refractivity (Wildman–Crippen MR) is 121 cm³/mol. The summed E-state index contributed by atoms with van der Waals surface area (Å²) in [4.78, 5) is 14.6. The standard InChI is InChI=1S/C24H32N2O4S/c1-19(2)17-25-31(28,29)23-10-8-22(9-11-23)30-18-24(27)26-14-12-21(13-15-26)16-20-6-4-3-5-7-20/h3-11,19,21,25H,12-18H2,1-2H3. The van der Waals surface area contributed by atoms with Crippen molar-refractivity contribution in [3.63, 3.8) is 0 Å². The van der Waals surface area contributed by atoms with Crippen LogP contribution in [0.15, 0.2) is 59.5 Å². The van der Waals surface area contributed by atoms with Crippen molar-refractivity contribution in [3.8, 4) is 5.75 Å². The van der Waals surface area contributed by atoms with Crippen molar-refractivity contribution in [2.75, 3.05) is 26.2 Å². The number of nitrogens with zero attached hydrogens (tertiary/aromatic N) is 1. The molecule has 0 spiro atoms. The molecule has 1 saturated heterocycles. The van der Waals surface area contributed by atoms with Gasteiger partial charge in [0.25, 0.3) is 5.91 Å². The molecule has 31 heavy (non-hydrogen) atoms. The maximum absolute atomic E-state index is 12.5. The summed E-state index contributed by atoms with van der Waals surface area (Å²) in [7, 11) is -3.53. The van der Waals surface area contributed by atoms with E-state index in [-0.39, 0.29) is 23.3 Å². The smallest absolute Gasteiger partial charge is 0.260 e. The Bertz CT molecular complexity index is 935. The minimum absolute atomic E-state index is 0.0338. The molecule has 1 aliphatic heterocycles. The molecule has 0 bridgehead atoms. The second-order valence-electron chi connectivity index (χ2n) is 8.52. The lowest BCUT2D eigenvalue weighted by Gasteiger charge is -2.32. The number of nitrogens with one attached hydrogen (secondary N) is 1. The quantitative estimate of drug-likeness (QED) is 0.643. The van der Waals surface area contributed by atoms with E-state index in [2.05, 4.69) is 29.0 Å². The highest BCUT2D eigenvalue weighted by molar-refractivity contribution is 7.89. The van der Waals surface area contributed by atoms with Gasteiger partial charge in [0, 0.05) is 19.6 Å². The summed E-state index contributed by atoms with van der Waals surface area (Å²) in [6, 6.07) is 16.6. The summed E-state index contributed by atoms with van der Waals surface area (Å²) >= 11 is 0. The Labute approximate surface area is 185 Å². The normalized spacial score (nSPS) is 15.3. The monoisotopic (exact) mass is 444 g/mol. The molecule has 0 aromatic heterocycles. The second-order valence-corrected chi connectivity index (χ2v) is 10.3. The Morgan fingerprint density at radius 2 is 1.71 bits per heavy atom. The second kappa shape index (κ2) is 10.8. The molecule has 1 heterocycles. The van der Waals surface area contributed by atoms with Crippen molar-refractivity contribution < 1.29 is 17.9 Å². The van der Waals surface area contributed by atoms with Crippen LogP contribution in [0.3, 0.4) is 0 Å². The average molecular weight is 445 g/mol. The Kier molecular flexibility index (Phi) is 8.09. The van der Waals surface area contributed by atoms with E-state index in [0.717, 1.165) is 32.4 Å². The molecule has 0 saturated carbocycles. The first-order valence-corrected chi connectivity index (χ1v) is 12.4. The number of hydrogen-bond acceptors (Lipinski definition) is 4. The third-order valence-corrected chi connectivity index (χ3v) is 6.95. The largest absolute Gasteiger partial charge is 0.484 e. The fourth-order valence-electron chi connectivity index (χ4n) is 3.65. The zero-order valence-corrected chi connectivity index (χ0v) is 19.1. The highest BCUT2D eigenvalue weighted by Crippen LogP contribution is 2.22.